The number of aliphatic carboxylic acids is 1. The Kier molecular flexibility index (Phi) is 5.27. The fraction of sp³-hybridized carbons (Fsp3) is 0.750. The molecule has 0 spiro atoms. The van der Waals surface area contributed by atoms with Gasteiger partial charge in [-0.15, -0.1) is 0 Å². The van der Waals surface area contributed by atoms with Crippen molar-refractivity contribution in [1.29, 1.82) is 0 Å². The van der Waals surface area contributed by atoms with Gasteiger partial charge in [0.1, 0.15) is 11.6 Å². The summed E-state index contributed by atoms with van der Waals surface area (Å²) >= 11 is 4.17. The van der Waals surface area contributed by atoms with E-state index < -0.39 is 23.7 Å². The van der Waals surface area contributed by atoms with Crippen molar-refractivity contribution in [3.63, 3.8) is 0 Å². The van der Waals surface area contributed by atoms with Gasteiger partial charge in [0.15, 0.2) is 0 Å². The number of ether oxygens (including phenoxy) is 1. The van der Waals surface area contributed by atoms with E-state index in [1.54, 1.807) is 20.8 Å². The van der Waals surface area contributed by atoms with Gasteiger partial charge in [0.25, 0.3) is 0 Å². The fourth-order valence-electron chi connectivity index (χ4n) is 1.84. The molecule has 1 fully saturated rings. The molecule has 0 aromatic carbocycles. The number of hydrogen-bond donors (Lipinski definition) is 3. The minimum absolute atomic E-state index is 0.175. The summed E-state index contributed by atoms with van der Waals surface area (Å²) < 4.78 is 5.02. The van der Waals surface area contributed by atoms with E-state index in [1.165, 1.54) is 4.90 Å². The highest BCUT2D eigenvalue weighted by molar-refractivity contribution is 7.81. The lowest BCUT2D eigenvalue weighted by atomic mass is 10.2. The molecule has 2 N–H and O–H groups in total. The molecule has 1 aliphatic heterocycles. The molecule has 2 atom stereocenters. The Morgan fingerprint density at radius 3 is 2.55 bits per heavy atom. The third kappa shape index (κ3) is 4.92. The van der Waals surface area contributed by atoms with Crippen molar-refractivity contribution in [3.8, 4) is 0 Å². The number of rotatable bonds is 4. The molecule has 20 heavy (non-hydrogen) atoms. The molecule has 1 aliphatic rings. The van der Waals surface area contributed by atoms with Crippen LogP contribution in [0.2, 0.25) is 0 Å². The summed E-state index contributed by atoms with van der Waals surface area (Å²) in [4.78, 5) is 35.6. The molecule has 0 aromatic rings. The van der Waals surface area contributed by atoms with Gasteiger partial charge in [0.05, 0.1) is 6.54 Å². The molecule has 1 rings (SSSR count). The number of carbonyl (C=O) groups excluding carboxylic acids is 2. The van der Waals surface area contributed by atoms with Crippen molar-refractivity contribution in [3.05, 3.63) is 0 Å². The standard InChI is InChI=1S/C12H20N2O5S/c1-12(2,3)19-11(18)13-5-8(10(16)17)14-6-7(20)4-9(14)15/h7-8,20H,4-6H2,1-3H3,(H,13,18)(H,16,17)/t7?,8-/m1/s1. The first-order valence-corrected chi connectivity index (χ1v) is 6.79. The number of carbonyl (C=O) groups is 3. The molecule has 0 saturated carbocycles. The molecule has 8 heteroatoms. The zero-order valence-corrected chi connectivity index (χ0v) is 12.6. The molecule has 0 aliphatic carbocycles. The maximum Gasteiger partial charge on any atom is 0.407 e. The minimum Gasteiger partial charge on any atom is -0.480 e. The number of thiol groups is 1. The number of carboxylic acid groups (broad SMARTS) is 1. The van der Waals surface area contributed by atoms with Crippen LogP contribution in [0.3, 0.4) is 0 Å². The van der Waals surface area contributed by atoms with E-state index in [2.05, 4.69) is 17.9 Å². The molecule has 114 valence electrons. The highest BCUT2D eigenvalue weighted by atomic mass is 32.1. The topological polar surface area (TPSA) is 95.9 Å². The van der Waals surface area contributed by atoms with Crippen LogP contribution in [0.4, 0.5) is 4.79 Å². The maximum absolute atomic E-state index is 11.7. The van der Waals surface area contributed by atoms with Crippen molar-refractivity contribution in [1.82, 2.24) is 10.2 Å². The van der Waals surface area contributed by atoms with E-state index >= 15 is 0 Å². The molecule has 0 radical (unpaired) electrons. The second-order valence-electron chi connectivity index (χ2n) is 5.64. The highest BCUT2D eigenvalue weighted by Crippen LogP contribution is 2.18. The second-order valence-corrected chi connectivity index (χ2v) is 6.37. The van der Waals surface area contributed by atoms with Gasteiger partial charge in [-0.2, -0.15) is 12.6 Å². The monoisotopic (exact) mass is 304 g/mol. The summed E-state index contributed by atoms with van der Waals surface area (Å²) in [6.07, 6.45) is -0.503. The minimum atomic E-state index is -1.17. The molecular formula is C12H20N2O5S. The van der Waals surface area contributed by atoms with Gasteiger partial charge >= 0.3 is 12.1 Å². The van der Waals surface area contributed by atoms with Crippen LogP contribution >= 0.6 is 12.6 Å². The predicted molar refractivity (Wildman–Crippen MR) is 74.8 cm³/mol. The Bertz CT molecular complexity index is 407. The Morgan fingerprint density at radius 2 is 2.15 bits per heavy atom. The summed E-state index contributed by atoms with van der Waals surface area (Å²) in [6, 6.07) is -1.10. The van der Waals surface area contributed by atoms with E-state index in [-0.39, 0.29) is 30.7 Å². The Morgan fingerprint density at radius 1 is 1.55 bits per heavy atom. The Hall–Kier alpha value is -1.44. The fourth-order valence-corrected chi connectivity index (χ4v) is 2.17. The average molecular weight is 304 g/mol. The molecule has 0 bridgehead atoms. The first kappa shape index (κ1) is 16.6. The first-order chi connectivity index (χ1) is 9.10. The van der Waals surface area contributed by atoms with Gasteiger partial charge in [0, 0.05) is 18.2 Å². The van der Waals surface area contributed by atoms with Gasteiger partial charge < -0.3 is 20.1 Å². The Labute approximate surface area is 123 Å². The largest absolute Gasteiger partial charge is 0.480 e. The van der Waals surface area contributed by atoms with Crippen LogP contribution in [-0.2, 0) is 14.3 Å². The van der Waals surface area contributed by atoms with Crippen LogP contribution in [0.25, 0.3) is 0 Å². The SMILES string of the molecule is CC(C)(C)OC(=O)NC[C@H](C(=O)O)N1CC(S)CC1=O. The zero-order chi connectivity index (χ0) is 15.5. The molecule has 1 saturated heterocycles. The predicted octanol–water partition coefficient (Wildman–Crippen LogP) is 0.495. The number of likely N-dealkylation sites (tertiary alicyclic amines) is 1. The second kappa shape index (κ2) is 6.34. The van der Waals surface area contributed by atoms with Crippen LogP contribution < -0.4 is 5.32 Å². The van der Waals surface area contributed by atoms with Crippen LogP contribution in [0.1, 0.15) is 27.2 Å². The average Bonchev–Trinajstić information content (AvgIpc) is 2.55. The third-order valence-electron chi connectivity index (χ3n) is 2.64. The van der Waals surface area contributed by atoms with E-state index in [0.29, 0.717) is 0 Å². The van der Waals surface area contributed by atoms with E-state index in [1.807, 2.05) is 0 Å². The maximum atomic E-state index is 11.7. The lowest BCUT2D eigenvalue weighted by Crippen LogP contribution is -2.50. The summed E-state index contributed by atoms with van der Waals surface area (Å²) in [6.45, 7) is 5.18. The van der Waals surface area contributed by atoms with Gasteiger partial charge in [0.2, 0.25) is 5.91 Å². The first-order valence-electron chi connectivity index (χ1n) is 6.27. The number of alkyl carbamates (subject to hydrolysis) is 1. The molecule has 1 unspecified atom stereocenters. The van der Waals surface area contributed by atoms with Gasteiger partial charge in [-0.3, -0.25) is 4.79 Å². The number of amides is 2. The lowest BCUT2D eigenvalue weighted by Gasteiger charge is -2.25. The number of nitrogens with zero attached hydrogens (tertiary/aromatic N) is 1. The number of carboxylic acids is 1. The number of hydrogen-bond acceptors (Lipinski definition) is 5. The molecule has 0 aromatic heterocycles. The van der Waals surface area contributed by atoms with Crippen molar-refractivity contribution in [2.45, 2.75) is 44.1 Å². The third-order valence-corrected chi connectivity index (χ3v) is 2.98. The van der Waals surface area contributed by atoms with Crippen LogP contribution in [0.15, 0.2) is 0 Å². The van der Waals surface area contributed by atoms with Gasteiger partial charge in [-0.1, -0.05) is 0 Å². The van der Waals surface area contributed by atoms with Gasteiger partial charge in [-0.05, 0) is 20.8 Å². The van der Waals surface area contributed by atoms with E-state index in [4.69, 9.17) is 4.74 Å². The van der Waals surface area contributed by atoms with E-state index in [9.17, 15) is 19.5 Å². The summed E-state index contributed by atoms with van der Waals surface area (Å²) in [5, 5.41) is 11.4. The quantitative estimate of drug-likeness (QED) is 0.657. The van der Waals surface area contributed by atoms with Crippen molar-refractivity contribution in [2.24, 2.45) is 0 Å². The van der Waals surface area contributed by atoms with Crippen LogP contribution in [0.5, 0.6) is 0 Å². The normalized spacial score (nSPS) is 20.7. The molecular weight excluding hydrogens is 284 g/mol. The molecule has 1 heterocycles. The van der Waals surface area contributed by atoms with Crippen LogP contribution in [0, 0.1) is 0 Å². The van der Waals surface area contributed by atoms with E-state index in [0.717, 1.165) is 0 Å². The number of nitrogens with one attached hydrogen (secondary N) is 1. The van der Waals surface area contributed by atoms with Crippen LogP contribution in [-0.4, -0.2) is 58.0 Å². The molecule has 2 amide bonds. The summed E-state index contributed by atoms with van der Waals surface area (Å²) in [5.74, 6) is -1.44. The summed E-state index contributed by atoms with van der Waals surface area (Å²) in [7, 11) is 0. The smallest absolute Gasteiger partial charge is 0.407 e. The molecule has 7 nitrogen and oxygen atoms in total. The summed E-state index contributed by atoms with van der Waals surface area (Å²) in [5.41, 5.74) is -0.664. The van der Waals surface area contributed by atoms with Gasteiger partial charge in [-0.25, -0.2) is 9.59 Å². The zero-order valence-electron chi connectivity index (χ0n) is 11.8. The van der Waals surface area contributed by atoms with Crippen molar-refractivity contribution >= 4 is 30.6 Å². The lowest BCUT2D eigenvalue weighted by molar-refractivity contribution is -0.148. The highest BCUT2D eigenvalue weighted by Gasteiger charge is 2.36. The van der Waals surface area contributed by atoms with Crippen molar-refractivity contribution in [2.75, 3.05) is 13.1 Å². The van der Waals surface area contributed by atoms with Crippen molar-refractivity contribution < 1.29 is 24.2 Å². The Balaban J connectivity index is 2.59.